The number of phenols is 1. The average Bonchev–Trinajstić information content (AvgIpc) is 2.47. The highest BCUT2D eigenvalue weighted by Gasteiger charge is 2.14. The van der Waals surface area contributed by atoms with Crippen molar-refractivity contribution in [3.05, 3.63) is 59.7 Å². The summed E-state index contributed by atoms with van der Waals surface area (Å²) in [5.41, 5.74) is 3.08. The van der Waals surface area contributed by atoms with Gasteiger partial charge in [0.15, 0.2) is 0 Å². The van der Waals surface area contributed by atoms with E-state index >= 15 is 0 Å². The third-order valence-electron chi connectivity index (χ3n) is 3.37. The number of methoxy groups -OCH3 is 1. The first-order chi connectivity index (χ1) is 9.76. The molecule has 0 bridgehead atoms. The summed E-state index contributed by atoms with van der Waals surface area (Å²) in [5, 5.41) is 13.5. The van der Waals surface area contributed by atoms with Gasteiger partial charge >= 0.3 is 0 Å². The summed E-state index contributed by atoms with van der Waals surface area (Å²) in [4.78, 5) is 0. The molecule has 0 spiro atoms. The second kappa shape index (κ2) is 6.96. The predicted octanol–water partition coefficient (Wildman–Crippen LogP) is 4.10. The first kappa shape index (κ1) is 14.4. The number of nitrogens with one attached hydrogen (secondary N) is 1. The standard InChI is InChI=1S/C17H21NO2/c1-3-15(14-9-5-7-11-17(14)19)18-16-10-6-4-8-13(16)12-20-2/h4-11,15,18-19H,3,12H2,1-2H3. The Kier molecular flexibility index (Phi) is 5.02. The zero-order valence-corrected chi connectivity index (χ0v) is 12.0. The average molecular weight is 271 g/mol. The molecule has 0 aliphatic heterocycles. The Hall–Kier alpha value is -2.00. The zero-order chi connectivity index (χ0) is 14.4. The van der Waals surface area contributed by atoms with E-state index in [1.807, 2.05) is 42.5 Å². The fourth-order valence-corrected chi connectivity index (χ4v) is 2.31. The molecule has 20 heavy (non-hydrogen) atoms. The van der Waals surface area contributed by atoms with E-state index < -0.39 is 0 Å². The fraction of sp³-hybridized carbons (Fsp3) is 0.294. The van der Waals surface area contributed by atoms with Crippen molar-refractivity contribution in [2.45, 2.75) is 26.0 Å². The molecule has 0 heterocycles. The molecule has 0 radical (unpaired) electrons. The molecule has 1 unspecified atom stereocenters. The minimum Gasteiger partial charge on any atom is -0.508 e. The first-order valence-corrected chi connectivity index (χ1v) is 6.87. The van der Waals surface area contributed by atoms with Gasteiger partial charge in [-0.1, -0.05) is 43.3 Å². The summed E-state index contributed by atoms with van der Waals surface area (Å²) < 4.78 is 5.22. The highest BCUT2D eigenvalue weighted by Crippen LogP contribution is 2.30. The number of phenolic OH excluding ortho intramolecular Hbond substituents is 1. The largest absolute Gasteiger partial charge is 0.508 e. The highest BCUT2D eigenvalue weighted by atomic mass is 16.5. The lowest BCUT2D eigenvalue weighted by molar-refractivity contribution is 0.185. The third-order valence-corrected chi connectivity index (χ3v) is 3.37. The van der Waals surface area contributed by atoms with Gasteiger partial charge in [-0.05, 0) is 18.6 Å². The maximum atomic E-state index is 10.00. The number of rotatable bonds is 6. The van der Waals surface area contributed by atoms with E-state index in [0.29, 0.717) is 12.4 Å². The van der Waals surface area contributed by atoms with Gasteiger partial charge in [-0.25, -0.2) is 0 Å². The van der Waals surface area contributed by atoms with Crippen LogP contribution < -0.4 is 5.32 Å². The van der Waals surface area contributed by atoms with Crippen LogP contribution in [0.4, 0.5) is 5.69 Å². The zero-order valence-electron chi connectivity index (χ0n) is 12.0. The summed E-state index contributed by atoms with van der Waals surface area (Å²) in [6.07, 6.45) is 0.888. The van der Waals surface area contributed by atoms with E-state index in [2.05, 4.69) is 12.2 Å². The van der Waals surface area contributed by atoms with Crippen LogP contribution in [0.25, 0.3) is 0 Å². The molecule has 1 atom stereocenters. The highest BCUT2D eigenvalue weighted by molar-refractivity contribution is 5.53. The van der Waals surface area contributed by atoms with Crippen molar-refractivity contribution >= 4 is 5.69 Å². The Morgan fingerprint density at radius 2 is 1.80 bits per heavy atom. The summed E-state index contributed by atoms with van der Waals surface area (Å²) in [6.45, 7) is 2.67. The minimum atomic E-state index is 0.0780. The number of aromatic hydroxyl groups is 1. The van der Waals surface area contributed by atoms with Gasteiger partial charge in [0.05, 0.1) is 12.6 Å². The van der Waals surface area contributed by atoms with Gasteiger partial charge < -0.3 is 15.2 Å². The van der Waals surface area contributed by atoms with Crippen molar-refractivity contribution in [3.8, 4) is 5.75 Å². The van der Waals surface area contributed by atoms with Crippen LogP contribution in [0.1, 0.15) is 30.5 Å². The minimum absolute atomic E-state index is 0.0780. The van der Waals surface area contributed by atoms with E-state index in [-0.39, 0.29) is 6.04 Å². The SMILES string of the molecule is CCC(Nc1ccccc1COC)c1ccccc1O. The van der Waals surface area contributed by atoms with Crippen LogP contribution in [0, 0.1) is 0 Å². The fourth-order valence-electron chi connectivity index (χ4n) is 2.31. The lowest BCUT2D eigenvalue weighted by atomic mass is 10.0. The maximum absolute atomic E-state index is 10.00. The van der Waals surface area contributed by atoms with Gasteiger partial charge in [-0.2, -0.15) is 0 Å². The molecular formula is C17H21NO2. The summed E-state index contributed by atoms with van der Waals surface area (Å²) in [7, 11) is 1.69. The van der Waals surface area contributed by atoms with Gasteiger partial charge in [0.1, 0.15) is 5.75 Å². The predicted molar refractivity (Wildman–Crippen MR) is 81.9 cm³/mol. The Labute approximate surface area is 120 Å². The Morgan fingerprint density at radius 3 is 2.50 bits per heavy atom. The van der Waals surface area contributed by atoms with Crippen LogP contribution in [0.5, 0.6) is 5.75 Å². The van der Waals surface area contributed by atoms with E-state index in [4.69, 9.17) is 4.74 Å². The van der Waals surface area contributed by atoms with Gasteiger partial charge in [-0.15, -0.1) is 0 Å². The molecule has 2 aromatic rings. The Morgan fingerprint density at radius 1 is 1.10 bits per heavy atom. The first-order valence-electron chi connectivity index (χ1n) is 6.87. The molecule has 0 amide bonds. The van der Waals surface area contributed by atoms with Crippen molar-refractivity contribution < 1.29 is 9.84 Å². The van der Waals surface area contributed by atoms with Crippen LogP contribution in [0.2, 0.25) is 0 Å². The molecule has 0 aliphatic rings. The van der Waals surface area contributed by atoms with E-state index in [0.717, 1.165) is 23.2 Å². The molecule has 0 aromatic heterocycles. The van der Waals surface area contributed by atoms with Crippen molar-refractivity contribution in [1.29, 1.82) is 0 Å². The van der Waals surface area contributed by atoms with Crippen LogP contribution in [-0.2, 0) is 11.3 Å². The molecule has 3 nitrogen and oxygen atoms in total. The Bertz CT molecular complexity index is 554. The van der Waals surface area contributed by atoms with Crippen molar-refractivity contribution in [2.75, 3.05) is 12.4 Å². The van der Waals surface area contributed by atoms with Gasteiger partial charge in [0.2, 0.25) is 0 Å². The molecule has 0 aliphatic carbocycles. The van der Waals surface area contributed by atoms with Crippen LogP contribution >= 0.6 is 0 Å². The van der Waals surface area contributed by atoms with E-state index in [1.54, 1.807) is 13.2 Å². The third kappa shape index (κ3) is 3.31. The smallest absolute Gasteiger partial charge is 0.120 e. The lowest BCUT2D eigenvalue weighted by Crippen LogP contribution is -2.11. The second-order valence-corrected chi connectivity index (χ2v) is 4.75. The van der Waals surface area contributed by atoms with E-state index in [1.165, 1.54) is 0 Å². The number of anilines is 1. The topological polar surface area (TPSA) is 41.5 Å². The van der Waals surface area contributed by atoms with Crippen LogP contribution in [0.3, 0.4) is 0 Å². The van der Waals surface area contributed by atoms with Crippen molar-refractivity contribution in [3.63, 3.8) is 0 Å². The number of hydrogen-bond acceptors (Lipinski definition) is 3. The number of benzene rings is 2. The second-order valence-electron chi connectivity index (χ2n) is 4.75. The molecule has 0 saturated carbocycles. The van der Waals surface area contributed by atoms with Crippen molar-refractivity contribution in [2.24, 2.45) is 0 Å². The number of para-hydroxylation sites is 2. The van der Waals surface area contributed by atoms with Gasteiger partial charge in [0.25, 0.3) is 0 Å². The van der Waals surface area contributed by atoms with Gasteiger partial charge in [0, 0.05) is 23.9 Å². The number of hydrogen-bond donors (Lipinski definition) is 2. The molecule has 0 fully saturated rings. The molecule has 2 rings (SSSR count). The monoisotopic (exact) mass is 271 g/mol. The molecule has 3 heteroatoms. The lowest BCUT2D eigenvalue weighted by Gasteiger charge is -2.21. The van der Waals surface area contributed by atoms with Crippen LogP contribution in [0.15, 0.2) is 48.5 Å². The van der Waals surface area contributed by atoms with Crippen molar-refractivity contribution in [1.82, 2.24) is 0 Å². The molecule has 2 aromatic carbocycles. The summed E-state index contributed by atoms with van der Waals surface area (Å²) in [6, 6.07) is 15.6. The quantitative estimate of drug-likeness (QED) is 0.831. The molecular weight excluding hydrogens is 250 g/mol. The molecule has 0 saturated heterocycles. The number of ether oxygens (including phenoxy) is 1. The molecule has 2 N–H and O–H groups in total. The summed E-state index contributed by atoms with van der Waals surface area (Å²) in [5.74, 6) is 0.330. The van der Waals surface area contributed by atoms with E-state index in [9.17, 15) is 5.11 Å². The maximum Gasteiger partial charge on any atom is 0.120 e. The van der Waals surface area contributed by atoms with Gasteiger partial charge in [-0.3, -0.25) is 0 Å². The summed E-state index contributed by atoms with van der Waals surface area (Å²) >= 11 is 0. The normalized spacial score (nSPS) is 12.1. The van der Waals surface area contributed by atoms with Crippen LogP contribution in [-0.4, -0.2) is 12.2 Å². The Balaban J connectivity index is 2.25. The molecule has 106 valence electrons.